The topological polar surface area (TPSA) is 119 Å². The third kappa shape index (κ3) is 4.01. The van der Waals surface area contributed by atoms with E-state index in [9.17, 15) is 33.7 Å². The maximum absolute atomic E-state index is 13.1. The average molecular weight is 352 g/mol. The Bertz CT molecular complexity index is 818. The molecule has 0 aliphatic heterocycles. The number of phenolic OH excluding ortho intramolecular Hbond substituents is 2. The summed E-state index contributed by atoms with van der Waals surface area (Å²) in [6.07, 6.45) is -1.86. The van der Waals surface area contributed by atoms with Crippen LogP contribution in [-0.4, -0.2) is 27.1 Å². The monoisotopic (exact) mass is 352 g/mol. The second-order valence-electron chi connectivity index (χ2n) is 5.18. The van der Waals surface area contributed by atoms with Crippen molar-refractivity contribution in [2.45, 2.75) is 13.0 Å². The number of hydrazine groups is 1. The maximum Gasteiger partial charge on any atom is 0.273 e. The van der Waals surface area contributed by atoms with Crippen LogP contribution in [0.3, 0.4) is 0 Å². The Morgan fingerprint density at radius 1 is 1.04 bits per heavy atom. The highest BCUT2D eigenvalue weighted by molar-refractivity contribution is 5.99. The normalized spacial score (nSPS) is 11.7. The van der Waals surface area contributed by atoms with Gasteiger partial charge in [0.05, 0.1) is 5.56 Å². The number of carbonyl (C=O) groups is 2. The summed E-state index contributed by atoms with van der Waals surface area (Å²) >= 11 is 0. The van der Waals surface area contributed by atoms with Gasteiger partial charge in [-0.15, -0.1) is 0 Å². The molecule has 0 aliphatic rings. The number of aromatic hydroxyl groups is 2. The van der Waals surface area contributed by atoms with Crippen molar-refractivity contribution in [3.05, 3.63) is 58.7 Å². The molecule has 0 heterocycles. The zero-order valence-corrected chi connectivity index (χ0v) is 12.9. The Morgan fingerprint density at radius 2 is 1.72 bits per heavy atom. The van der Waals surface area contributed by atoms with Crippen molar-refractivity contribution < 1.29 is 33.7 Å². The van der Waals surface area contributed by atoms with Crippen molar-refractivity contribution in [3.8, 4) is 11.5 Å². The minimum absolute atomic E-state index is 0.194. The lowest BCUT2D eigenvalue weighted by molar-refractivity contribution is -0.130. The molecule has 132 valence electrons. The van der Waals surface area contributed by atoms with Crippen LogP contribution in [0, 0.1) is 18.6 Å². The van der Waals surface area contributed by atoms with Crippen LogP contribution in [-0.2, 0) is 4.79 Å². The van der Waals surface area contributed by atoms with Gasteiger partial charge >= 0.3 is 0 Å². The van der Waals surface area contributed by atoms with E-state index in [-0.39, 0.29) is 22.4 Å². The molecule has 2 aromatic carbocycles. The van der Waals surface area contributed by atoms with E-state index in [2.05, 4.69) is 0 Å². The molecule has 1 atom stereocenters. The molecular weight excluding hydrogens is 338 g/mol. The van der Waals surface area contributed by atoms with E-state index < -0.39 is 35.3 Å². The number of amides is 2. The quantitative estimate of drug-likeness (QED) is 0.532. The number of nitrogens with one attached hydrogen (secondary N) is 2. The zero-order chi connectivity index (χ0) is 18.7. The lowest BCUT2D eigenvalue weighted by Gasteiger charge is -2.14. The molecule has 1 unspecified atom stereocenters. The first kappa shape index (κ1) is 18.1. The summed E-state index contributed by atoms with van der Waals surface area (Å²) in [6.45, 7) is 1.45. The van der Waals surface area contributed by atoms with Crippen molar-refractivity contribution in [2.24, 2.45) is 0 Å². The summed E-state index contributed by atoms with van der Waals surface area (Å²) in [4.78, 5) is 23.8. The number of benzene rings is 2. The Morgan fingerprint density at radius 3 is 2.32 bits per heavy atom. The van der Waals surface area contributed by atoms with Crippen LogP contribution in [0.15, 0.2) is 30.3 Å². The van der Waals surface area contributed by atoms with Crippen LogP contribution in [0.25, 0.3) is 0 Å². The second kappa shape index (κ2) is 7.14. The number of phenols is 2. The zero-order valence-electron chi connectivity index (χ0n) is 12.9. The molecule has 0 radical (unpaired) electrons. The standard InChI is InChI=1S/C16H14F2N2O5/c1-7-4-9(21)6-12(22)13(7)15(24)19-20-16(25)14(23)8-2-3-10(17)11(18)5-8/h2-6,14,21-23H,1H3,(H,19,24)(H,20,25). The van der Waals surface area contributed by atoms with Gasteiger partial charge in [-0.3, -0.25) is 20.4 Å². The largest absolute Gasteiger partial charge is 0.508 e. The summed E-state index contributed by atoms with van der Waals surface area (Å²) in [7, 11) is 0. The first-order valence-electron chi connectivity index (χ1n) is 6.96. The van der Waals surface area contributed by atoms with Gasteiger partial charge in [-0.25, -0.2) is 8.78 Å². The van der Waals surface area contributed by atoms with Gasteiger partial charge in [0.2, 0.25) is 0 Å². The molecular formula is C16H14F2N2O5. The van der Waals surface area contributed by atoms with Crippen LogP contribution in [0.1, 0.15) is 27.6 Å². The number of aryl methyl sites for hydroxylation is 1. The Kier molecular flexibility index (Phi) is 5.18. The summed E-state index contributed by atoms with van der Waals surface area (Å²) < 4.78 is 26.0. The molecule has 25 heavy (non-hydrogen) atoms. The number of halogens is 2. The molecule has 7 nitrogen and oxygen atoms in total. The molecule has 0 spiro atoms. The van der Waals surface area contributed by atoms with Gasteiger partial charge in [0.15, 0.2) is 17.7 Å². The Hall–Kier alpha value is -3.20. The number of hydrogen-bond donors (Lipinski definition) is 5. The second-order valence-corrected chi connectivity index (χ2v) is 5.18. The van der Waals surface area contributed by atoms with Gasteiger partial charge in [-0.1, -0.05) is 6.07 Å². The van der Waals surface area contributed by atoms with Crippen molar-refractivity contribution in [1.82, 2.24) is 10.9 Å². The fourth-order valence-electron chi connectivity index (χ4n) is 2.13. The molecule has 0 fully saturated rings. The minimum atomic E-state index is -1.86. The van der Waals surface area contributed by atoms with Gasteiger partial charge in [0, 0.05) is 6.07 Å². The summed E-state index contributed by atoms with van der Waals surface area (Å²) in [5.41, 5.74) is 3.71. The molecule has 0 saturated heterocycles. The lowest BCUT2D eigenvalue weighted by atomic mass is 10.1. The highest BCUT2D eigenvalue weighted by Gasteiger charge is 2.21. The van der Waals surface area contributed by atoms with E-state index in [1.54, 1.807) is 0 Å². The summed E-state index contributed by atoms with van der Waals surface area (Å²) in [5.74, 6) is -5.13. The molecule has 9 heteroatoms. The van der Waals surface area contributed by atoms with Crippen molar-refractivity contribution in [3.63, 3.8) is 0 Å². The van der Waals surface area contributed by atoms with Gasteiger partial charge in [0.1, 0.15) is 11.5 Å². The molecule has 2 rings (SSSR count). The van der Waals surface area contributed by atoms with Crippen molar-refractivity contribution in [2.75, 3.05) is 0 Å². The maximum atomic E-state index is 13.1. The smallest absolute Gasteiger partial charge is 0.273 e. The van der Waals surface area contributed by atoms with Gasteiger partial charge in [0.25, 0.3) is 11.8 Å². The molecule has 0 saturated carbocycles. The third-order valence-electron chi connectivity index (χ3n) is 3.33. The predicted octanol–water partition coefficient (Wildman–Crippen LogP) is 1.18. The van der Waals surface area contributed by atoms with Gasteiger partial charge < -0.3 is 15.3 Å². The number of rotatable bonds is 3. The first-order chi connectivity index (χ1) is 11.7. The van der Waals surface area contributed by atoms with E-state index in [1.165, 1.54) is 13.0 Å². The average Bonchev–Trinajstić information content (AvgIpc) is 2.53. The Labute approximate surface area is 140 Å². The van der Waals surface area contributed by atoms with Crippen LogP contribution < -0.4 is 10.9 Å². The molecule has 0 aromatic heterocycles. The summed E-state index contributed by atoms with van der Waals surface area (Å²) in [6, 6.07) is 4.59. The molecule has 2 aromatic rings. The highest BCUT2D eigenvalue weighted by Crippen LogP contribution is 2.26. The van der Waals surface area contributed by atoms with Crippen LogP contribution >= 0.6 is 0 Å². The van der Waals surface area contributed by atoms with E-state index in [0.717, 1.165) is 18.2 Å². The summed E-state index contributed by atoms with van der Waals surface area (Å²) in [5, 5.41) is 28.8. The van der Waals surface area contributed by atoms with Gasteiger partial charge in [-0.2, -0.15) is 0 Å². The SMILES string of the molecule is Cc1cc(O)cc(O)c1C(=O)NNC(=O)C(O)c1ccc(F)c(F)c1. The lowest BCUT2D eigenvalue weighted by Crippen LogP contribution is -2.44. The fraction of sp³-hybridized carbons (Fsp3) is 0.125. The van der Waals surface area contributed by atoms with Crippen LogP contribution in [0.4, 0.5) is 8.78 Å². The fourth-order valence-corrected chi connectivity index (χ4v) is 2.13. The predicted molar refractivity (Wildman–Crippen MR) is 81.4 cm³/mol. The molecule has 0 aliphatic carbocycles. The van der Waals surface area contributed by atoms with Crippen LogP contribution in [0.5, 0.6) is 11.5 Å². The first-order valence-corrected chi connectivity index (χ1v) is 6.96. The highest BCUT2D eigenvalue weighted by atomic mass is 19.2. The van der Waals surface area contributed by atoms with E-state index in [4.69, 9.17) is 0 Å². The van der Waals surface area contributed by atoms with Gasteiger partial charge in [-0.05, 0) is 36.2 Å². The molecule has 5 N–H and O–H groups in total. The molecule has 2 amide bonds. The van der Waals surface area contributed by atoms with Crippen molar-refractivity contribution >= 4 is 11.8 Å². The molecule has 0 bridgehead atoms. The number of aliphatic hydroxyl groups excluding tert-OH is 1. The number of carbonyl (C=O) groups excluding carboxylic acids is 2. The van der Waals surface area contributed by atoms with Crippen molar-refractivity contribution in [1.29, 1.82) is 0 Å². The van der Waals surface area contributed by atoms with E-state index >= 15 is 0 Å². The minimum Gasteiger partial charge on any atom is -0.508 e. The van der Waals surface area contributed by atoms with E-state index in [1.807, 2.05) is 10.9 Å². The number of hydrogen-bond acceptors (Lipinski definition) is 5. The van der Waals surface area contributed by atoms with E-state index in [0.29, 0.717) is 6.07 Å². The third-order valence-corrected chi connectivity index (χ3v) is 3.33. The Balaban J connectivity index is 2.06. The number of aliphatic hydroxyl groups is 1. The van der Waals surface area contributed by atoms with Crippen LogP contribution in [0.2, 0.25) is 0 Å².